The van der Waals surface area contributed by atoms with Crippen LogP contribution in [0.3, 0.4) is 0 Å². The minimum absolute atomic E-state index is 0. The van der Waals surface area contributed by atoms with Crippen LogP contribution in [0.15, 0.2) is 0 Å². The summed E-state index contributed by atoms with van der Waals surface area (Å²) in [7, 11) is 0. The number of hydrogen-bond acceptors (Lipinski definition) is 2. The molecule has 0 heterocycles. The van der Waals surface area contributed by atoms with Gasteiger partial charge in [-0.15, -0.1) is 0 Å². The van der Waals surface area contributed by atoms with Crippen molar-refractivity contribution in [2.45, 2.75) is 96.9 Å². The van der Waals surface area contributed by atoms with Gasteiger partial charge in [0.05, 0.1) is 0 Å². The Balaban J connectivity index is 0. The van der Waals surface area contributed by atoms with Crippen LogP contribution in [0.1, 0.15) is 90.9 Å². The van der Waals surface area contributed by atoms with Crippen molar-refractivity contribution in [3.05, 3.63) is 0 Å². The maximum absolute atomic E-state index is 10.6. The van der Waals surface area contributed by atoms with E-state index in [1.165, 1.54) is 70.6 Å². The summed E-state index contributed by atoms with van der Waals surface area (Å²) in [6, 6.07) is -0.414. The van der Waals surface area contributed by atoms with Gasteiger partial charge in [-0.3, -0.25) is 4.79 Å². The first-order chi connectivity index (χ1) is 9.68. The first-order valence-electron chi connectivity index (χ1n) is 8.64. The SMILES string of the molecule is CCCCCCCCCCCCCCNC(C)C(=O)O.[NaH]. The molecule has 0 bridgehead atoms. The zero-order chi connectivity index (χ0) is 15.1. The molecule has 3 nitrogen and oxygen atoms in total. The fourth-order valence-corrected chi connectivity index (χ4v) is 2.37. The molecule has 0 aliphatic carbocycles. The minimum atomic E-state index is -0.760. The van der Waals surface area contributed by atoms with Crippen LogP contribution < -0.4 is 5.32 Å². The molecule has 21 heavy (non-hydrogen) atoms. The van der Waals surface area contributed by atoms with E-state index in [1.807, 2.05) is 0 Å². The Morgan fingerprint density at radius 2 is 1.24 bits per heavy atom. The van der Waals surface area contributed by atoms with E-state index in [1.54, 1.807) is 6.92 Å². The predicted octanol–water partition coefficient (Wildman–Crippen LogP) is 4.10. The summed E-state index contributed by atoms with van der Waals surface area (Å²) in [5.41, 5.74) is 0. The summed E-state index contributed by atoms with van der Waals surface area (Å²) in [5, 5.41) is 11.7. The number of nitrogens with one attached hydrogen (secondary N) is 1. The molecule has 0 spiro atoms. The molecule has 0 aromatic rings. The van der Waals surface area contributed by atoms with Gasteiger partial charge in [0.25, 0.3) is 0 Å². The molecule has 0 radical (unpaired) electrons. The Morgan fingerprint density at radius 1 is 0.857 bits per heavy atom. The van der Waals surface area contributed by atoms with Crippen LogP contribution in [0.25, 0.3) is 0 Å². The summed E-state index contributed by atoms with van der Waals surface area (Å²) in [4.78, 5) is 10.6. The van der Waals surface area contributed by atoms with Crippen LogP contribution in [-0.2, 0) is 4.79 Å². The second kappa shape index (κ2) is 18.5. The van der Waals surface area contributed by atoms with Gasteiger partial charge < -0.3 is 10.4 Å². The zero-order valence-corrected chi connectivity index (χ0v) is 13.6. The van der Waals surface area contributed by atoms with Crippen LogP contribution in [0.2, 0.25) is 0 Å². The molecule has 4 heteroatoms. The fraction of sp³-hybridized carbons (Fsp3) is 0.941. The molecule has 0 aromatic carbocycles. The van der Waals surface area contributed by atoms with Crippen molar-refractivity contribution in [2.75, 3.05) is 6.54 Å². The normalized spacial score (nSPS) is 11.9. The van der Waals surface area contributed by atoms with Gasteiger partial charge >= 0.3 is 35.5 Å². The fourth-order valence-electron chi connectivity index (χ4n) is 2.37. The number of unbranched alkanes of at least 4 members (excludes halogenated alkanes) is 11. The van der Waals surface area contributed by atoms with Crippen molar-refractivity contribution < 1.29 is 9.90 Å². The zero-order valence-electron chi connectivity index (χ0n) is 13.6. The first kappa shape index (κ1) is 23.7. The standard InChI is InChI=1S/C17H35NO2.Na.H/c1-3-4-5-6-7-8-9-10-11-12-13-14-15-18-16(2)17(19)20;;/h16,18H,3-15H2,1-2H3,(H,19,20);;. The van der Waals surface area contributed by atoms with Crippen LogP contribution in [0, 0.1) is 0 Å². The molecule has 0 amide bonds. The van der Waals surface area contributed by atoms with E-state index in [2.05, 4.69) is 12.2 Å². The molecule has 0 saturated heterocycles. The number of rotatable bonds is 15. The Hall–Kier alpha value is 0.430. The van der Waals surface area contributed by atoms with Crippen molar-refractivity contribution in [2.24, 2.45) is 0 Å². The summed E-state index contributed by atoms with van der Waals surface area (Å²) in [6.07, 6.45) is 16.1. The summed E-state index contributed by atoms with van der Waals surface area (Å²) in [6.45, 7) is 4.78. The van der Waals surface area contributed by atoms with Gasteiger partial charge in [-0.25, -0.2) is 0 Å². The van der Waals surface area contributed by atoms with Gasteiger partial charge in [0.15, 0.2) is 0 Å². The van der Waals surface area contributed by atoms with Crippen molar-refractivity contribution in [1.82, 2.24) is 5.32 Å². The quantitative estimate of drug-likeness (QED) is 0.354. The third kappa shape index (κ3) is 18.4. The van der Waals surface area contributed by atoms with Gasteiger partial charge in [-0.05, 0) is 19.9 Å². The van der Waals surface area contributed by atoms with Crippen molar-refractivity contribution in [3.63, 3.8) is 0 Å². The number of carboxylic acid groups (broad SMARTS) is 1. The van der Waals surface area contributed by atoms with Crippen LogP contribution in [-0.4, -0.2) is 53.2 Å². The average Bonchev–Trinajstić information content (AvgIpc) is 2.43. The van der Waals surface area contributed by atoms with E-state index in [-0.39, 0.29) is 29.6 Å². The van der Waals surface area contributed by atoms with E-state index >= 15 is 0 Å². The van der Waals surface area contributed by atoms with Crippen LogP contribution in [0.4, 0.5) is 0 Å². The molecule has 1 atom stereocenters. The summed E-state index contributed by atoms with van der Waals surface area (Å²) < 4.78 is 0. The summed E-state index contributed by atoms with van der Waals surface area (Å²) >= 11 is 0. The van der Waals surface area contributed by atoms with Gasteiger partial charge in [0.2, 0.25) is 0 Å². The molecule has 0 aliphatic rings. The van der Waals surface area contributed by atoms with E-state index < -0.39 is 12.0 Å². The summed E-state index contributed by atoms with van der Waals surface area (Å²) in [5.74, 6) is -0.760. The second-order valence-electron chi connectivity index (χ2n) is 5.90. The Labute approximate surface area is 153 Å². The Kier molecular flexibility index (Phi) is 20.8. The Bertz CT molecular complexity index is 225. The molecule has 0 rings (SSSR count). The van der Waals surface area contributed by atoms with E-state index in [4.69, 9.17) is 5.11 Å². The topological polar surface area (TPSA) is 49.3 Å². The number of hydrogen-bond donors (Lipinski definition) is 2. The van der Waals surface area contributed by atoms with E-state index in [9.17, 15) is 4.79 Å². The monoisotopic (exact) mass is 309 g/mol. The third-order valence-electron chi connectivity index (χ3n) is 3.85. The number of aliphatic carboxylic acids is 1. The number of carbonyl (C=O) groups is 1. The Morgan fingerprint density at radius 3 is 1.62 bits per heavy atom. The maximum atomic E-state index is 10.6. The van der Waals surface area contributed by atoms with Crippen LogP contribution in [0.5, 0.6) is 0 Å². The molecule has 0 saturated carbocycles. The average molecular weight is 309 g/mol. The first-order valence-corrected chi connectivity index (χ1v) is 8.64. The molecule has 2 N–H and O–H groups in total. The van der Waals surface area contributed by atoms with E-state index in [0.29, 0.717) is 0 Å². The van der Waals surface area contributed by atoms with Crippen molar-refractivity contribution in [3.8, 4) is 0 Å². The molecular weight excluding hydrogens is 273 g/mol. The van der Waals surface area contributed by atoms with Crippen LogP contribution >= 0.6 is 0 Å². The second-order valence-corrected chi connectivity index (χ2v) is 5.90. The molecule has 0 fully saturated rings. The van der Waals surface area contributed by atoms with Gasteiger partial charge in [-0.2, -0.15) is 0 Å². The van der Waals surface area contributed by atoms with E-state index in [0.717, 1.165) is 13.0 Å². The molecular formula is C17H36NNaO2. The van der Waals surface area contributed by atoms with Gasteiger partial charge in [0.1, 0.15) is 6.04 Å². The third-order valence-corrected chi connectivity index (χ3v) is 3.85. The molecule has 1 unspecified atom stereocenters. The predicted molar refractivity (Wildman–Crippen MR) is 93.3 cm³/mol. The van der Waals surface area contributed by atoms with Crippen molar-refractivity contribution >= 4 is 35.5 Å². The number of carboxylic acids is 1. The van der Waals surface area contributed by atoms with Crippen molar-refractivity contribution in [1.29, 1.82) is 0 Å². The molecule has 0 aliphatic heterocycles. The molecule has 122 valence electrons. The van der Waals surface area contributed by atoms with Gasteiger partial charge in [-0.1, -0.05) is 77.6 Å². The van der Waals surface area contributed by atoms with Gasteiger partial charge in [0, 0.05) is 0 Å². The molecule has 0 aromatic heterocycles.